The van der Waals surface area contributed by atoms with E-state index in [2.05, 4.69) is 6.92 Å². The van der Waals surface area contributed by atoms with E-state index in [0.29, 0.717) is 0 Å². The molecule has 0 amide bonds. The first-order valence-corrected chi connectivity index (χ1v) is 6.80. The Hall–Kier alpha value is -0.830. The number of benzene rings is 1. The molecular formula is C12H19NOS. The topological polar surface area (TPSA) is 43.1 Å². The van der Waals surface area contributed by atoms with Crippen molar-refractivity contribution >= 4 is 16.5 Å². The summed E-state index contributed by atoms with van der Waals surface area (Å²) in [6.07, 6.45) is 4.68. The van der Waals surface area contributed by atoms with Crippen LogP contribution in [-0.4, -0.2) is 9.96 Å². The van der Waals surface area contributed by atoms with E-state index in [9.17, 15) is 4.21 Å². The fourth-order valence-electron chi connectivity index (χ4n) is 1.40. The molecule has 2 nitrogen and oxygen atoms in total. The molecule has 0 aliphatic carbocycles. The molecule has 1 rings (SSSR count). The lowest BCUT2D eigenvalue weighted by atomic mass is 10.2. The highest BCUT2D eigenvalue weighted by molar-refractivity contribution is 7.85. The van der Waals surface area contributed by atoms with Gasteiger partial charge in [-0.3, -0.25) is 4.21 Å². The molecule has 0 saturated carbocycles. The van der Waals surface area contributed by atoms with E-state index in [0.717, 1.165) is 22.8 Å². The van der Waals surface area contributed by atoms with Crippen LogP contribution in [0.15, 0.2) is 29.2 Å². The third-order valence-electron chi connectivity index (χ3n) is 2.33. The number of hydrogen-bond donors (Lipinski definition) is 1. The van der Waals surface area contributed by atoms with Crippen LogP contribution in [0.1, 0.15) is 32.6 Å². The fourth-order valence-corrected chi connectivity index (χ4v) is 2.54. The highest BCUT2D eigenvalue weighted by Gasteiger charge is 2.02. The highest BCUT2D eigenvalue weighted by Crippen LogP contribution is 2.11. The average Bonchev–Trinajstić information content (AvgIpc) is 2.25. The van der Waals surface area contributed by atoms with Gasteiger partial charge in [0.05, 0.1) is 10.8 Å². The Morgan fingerprint density at radius 2 is 1.80 bits per heavy atom. The van der Waals surface area contributed by atoms with Gasteiger partial charge in [0, 0.05) is 16.3 Å². The van der Waals surface area contributed by atoms with Crippen LogP contribution in [0.2, 0.25) is 0 Å². The molecule has 0 bridgehead atoms. The molecule has 15 heavy (non-hydrogen) atoms. The normalized spacial score (nSPS) is 12.6. The zero-order chi connectivity index (χ0) is 11.1. The Balaban J connectivity index is 2.37. The van der Waals surface area contributed by atoms with E-state index >= 15 is 0 Å². The fraction of sp³-hybridized carbons (Fsp3) is 0.500. The second kappa shape index (κ2) is 6.62. The van der Waals surface area contributed by atoms with Gasteiger partial charge in [-0.1, -0.05) is 26.2 Å². The summed E-state index contributed by atoms with van der Waals surface area (Å²) in [4.78, 5) is 0.890. The number of nitrogens with two attached hydrogens (primary N) is 1. The molecular weight excluding hydrogens is 206 g/mol. The lowest BCUT2D eigenvalue weighted by molar-refractivity contribution is 0.668. The summed E-state index contributed by atoms with van der Waals surface area (Å²) < 4.78 is 11.8. The van der Waals surface area contributed by atoms with E-state index < -0.39 is 10.8 Å². The maximum Gasteiger partial charge on any atom is 0.0529 e. The molecule has 1 atom stereocenters. The molecule has 0 aromatic heterocycles. The van der Waals surface area contributed by atoms with Gasteiger partial charge in [-0.25, -0.2) is 0 Å². The number of hydrogen-bond acceptors (Lipinski definition) is 2. The van der Waals surface area contributed by atoms with Crippen molar-refractivity contribution in [3.63, 3.8) is 0 Å². The zero-order valence-corrected chi connectivity index (χ0v) is 10.1. The van der Waals surface area contributed by atoms with Crippen LogP contribution in [0.5, 0.6) is 0 Å². The first-order chi connectivity index (χ1) is 7.24. The summed E-state index contributed by atoms with van der Waals surface area (Å²) in [5.41, 5.74) is 6.29. The standard InChI is InChI=1S/C12H19NOS/c1-2-3-4-5-10-15(14)12-8-6-11(13)7-9-12/h6-9H,2-5,10,13H2,1H3. The minimum Gasteiger partial charge on any atom is -0.399 e. The molecule has 0 spiro atoms. The lowest BCUT2D eigenvalue weighted by Crippen LogP contribution is -1.98. The predicted molar refractivity (Wildman–Crippen MR) is 66.3 cm³/mol. The zero-order valence-electron chi connectivity index (χ0n) is 9.24. The van der Waals surface area contributed by atoms with Crippen molar-refractivity contribution < 1.29 is 4.21 Å². The second-order valence-electron chi connectivity index (χ2n) is 3.68. The molecule has 1 unspecified atom stereocenters. The molecule has 0 fully saturated rings. The first-order valence-electron chi connectivity index (χ1n) is 5.48. The van der Waals surface area contributed by atoms with Gasteiger partial charge in [0.15, 0.2) is 0 Å². The highest BCUT2D eigenvalue weighted by atomic mass is 32.2. The van der Waals surface area contributed by atoms with Crippen LogP contribution in [-0.2, 0) is 10.8 Å². The van der Waals surface area contributed by atoms with Gasteiger partial charge < -0.3 is 5.73 Å². The molecule has 0 radical (unpaired) electrons. The monoisotopic (exact) mass is 225 g/mol. The summed E-state index contributed by atoms with van der Waals surface area (Å²) in [5, 5.41) is 0. The van der Waals surface area contributed by atoms with E-state index in [4.69, 9.17) is 5.73 Å². The quantitative estimate of drug-likeness (QED) is 0.597. The van der Waals surface area contributed by atoms with Gasteiger partial charge in [0.25, 0.3) is 0 Å². The van der Waals surface area contributed by atoms with Gasteiger partial charge in [0.1, 0.15) is 0 Å². The van der Waals surface area contributed by atoms with E-state index in [1.807, 2.05) is 12.1 Å². The van der Waals surface area contributed by atoms with Crippen LogP contribution in [0.3, 0.4) is 0 Å². The Bertz CT molecular complexity index is 308. The molecule has 0 heterocycles. The maximum atomic E-state index is 11.8. The van der Waals surface area contributed by atoms with Crippen LogP contribution in [0.25, 0.3) is 0 Å². The van der Waals surface area contributed by atoms with Gasteiger partial charge in [0.2, 0.25) is 0 Å². The SMILES string of the molecule is CCCCCCS(=O)c1ccc(N)cc1. The van der Waals surface area contributed by atoms with Crippen molar-refractivity contribution in [1.29, 1.82) is 0 Å². The van der Waals surface area contributed by atoms with Gasteiger partial charge in [-0.05, 0) is 30.7 Å². The average molecular weight is 225 g/mol. The maximum absolute atomic E-state index is 11.8. The molecule has 1 aromatic carbocycles. The Labute approximate surface area is 94.3 Å². The molecule has 0 saturated heterocycles. The van der Waals surface area contributed by atoms with Crippen molar-refractivity contribution in [3.8, 4) is 0 Å². The Kier molecular flexibility index (Phi) is 5.40. The summed E-state index contributed by atoms with van der Waals surface area (Å²) in [7, 11) is -0.851. The summed E-state index contributed by atoms with van der Waals surface area (Å²) >= 11 is 0. The van der Waals surface area contributed by atoms with Crippen LogP contribution < -0.4 is 5.73 Å². The van der Waals surface area contributed by atoms with Gasteiger partial charge in [-0.2, -0.15) is 0 Å². The first kappa shape index (κ1) is 12.2. The molecule has 2 N–H and O–H groups in total. The van der Waals surface area contributed by atoms with Crippen LogP contribution in [0, 0.1) is 0 Å². The number of nitrogen functional groups attached to an aromatic ring is 1. The van der Waals surface area contributed by atoms with Gasteiger partial charge in [-0.15, -0.1) is 0 Å². The smallest absolute Gasteiger partial charge is 0.0529 e. The largest absolute Gasteiger partial charge is 0.399 e. The van der Waals surface area contributed by atoms with Crippen LogP contribution in [0.4, 0.5) is 5.69 Å². The molecule has 0 aliphatic rings. The van der Waals surface area contributed by atoms with E-state index in [-0.39, 0.29) is 0 Å². The number of unbranched alkanes of at least 4 members (excludes halogenated alkanes) is 3. The summed E-state index contributed by atoms with van der Waals surface area (Å²) in [6, 6.07) is 7.31. The Morgan fingerprint density at radius 3 is 2.40 bits per heavy atom. The molecule has 1 aromatic rings. The lowest BCUT2D eigenvalue weighted by Gasteiger charge is -2.02. The van der Waals surface area contributed by atoms with E-state index in [1.165, 1.54) is 19.3 Å². The predicted octanol–water partition coefficient (Wildman–Crippen LogP) is 2.96. The third-order valence-corrected chi connectivity index (χ3v) is 3.78. The minimum absolute atomic E-state index is 0.724. The summed E-state index contributed by atoms with van der Waals surface area (Å²) in [5.74, 6) is 0.768. The molecule has 0 aliphatic heterocycles. The third kappa shape index (κ3) is 4.47. The minimum atomic E-state index is -0.851. The van der Waals surface area contributed by atoms with Gasteiger partial charge >= 0.3 is 0 Å². The van der Waals surface area contributed by atoms with E-state index in [1.54, 1.807) is 12.1 Å². The van der Waals surface area contributed by atoms with Crippen molar-refractivity contribution in [2.75, 3.05) is 11.5 Å². The van der Waals surface area contributed by atoms with Crippen molar-refractivity contribution in [2.45, 2.75) is 37.5 Å². The van der Waals surface area contributed by atoms with Crippen molar-refractivity contribution in [1.82, 2.24) is 0 Å². The van der Waals surface area contributed by atoms with Crippen molar-refractivity contribution in [3.05, 3.63) is 24.3 Å². The summed E-state index contributed by atoms with van der Waals surface area (Å²) in [6.45, 7) is 2.18. The molecule has 84 valence electrons. The number of anilines is 1. The molecule has 3 heteroatoms. The van der Waals surface area contributed by atoms with Crippen molar-refractivity contribution in [2.24, 2.45) is 0 Å². The second-order valence-corrected chi connectivity index (χ2v) is 5.25. The number of rotatable bonds is 6. The Morgan fingerprint density at radius 1 is 1.13 bits per heavy atom. The van der Waals surface area contributed by atoms with Crippen LogP contribution >= 0.6 is 0 Å².